The van der Waals surface area contributed by atoms with Gasteiger partial charge < -0.3 is 18.9 Å². The molecule has 1 heterocycles. The Morgan fingerprint density at radius 2 is 1.12 bits per heavy atom. The number of hydrogen-bond donors (Lipinski definition) is 0. The summed E-state index contributed by atoms with van der Waals surface area (Å²) < 4.78 is 23.6. The average Bonchev–Trinajstić information content (AvgIpc) is 2.56. The van der Waals surface area contributed by atoms with Crippen LogP contribution in [0, 0.1) is 27.7 Å². The number of benzene rings is 2. The van der Waals surface area contributed by atoms with Crippen LogP contribution in [0.5, 0.6) is 11.5 Å². The van der Waals surface area contributed by atoms with E-state index in [0.29, 0.717) is 13.2 Å². The van der Waals surface area contributed by atoms with Crippen molar-refractivity contribution >= 4 is 0 Å². The average molecular weight is 328 g/mol. The molecule has 1 aliphatic heterocycles. The van der Waals surface area contributed by atoms with E-state index in [2.05, 4.69) is 12.1 Å². The quantitative estimate of drug-likeness (QED) is 0.847. The Kier molecular flexibility index (Phi) is 5.07. The third-order valence-electron chi connectivity index (χ3n) is 4.04. The van der Waals surface area contributed by atoms with Gasteiger partial charge in [-0.2, -0.15) is 0 Å². The Hall–Kier alpha value is -2.04. The summed E-state index contributed by atoms with van der Waals surface area (Å²) in [5.41, 5.74) is 4.39. The molecular weight excluding hydrogens is 304 g/mol. The fraction of sp³-hybridized carbons (Fsp3) is 0.400. The molecular formula is C20H24O4. The van der Waals surface area contributed by atoms with Crippen molar-refractivity contribution in [1.82, 2.24) is 0 Å². The summed E-state index contributed by atoms with van der Waals surface area (Å²) in [5, 5.41) is 0. The molecule has 0 spiro atoms. The first kappa shape index (κ1) is 16.8. The lowest BCUT2D eigenvalue weighted by Crippen LogP contribution is -2.45. The van der Waals surface area contributed by atoms with Crippen LogP contribution in [0.15, 0.2) is 36.4 Å². The third kappa shape index (κ3) is 3.89. The molecule has 0 radical (unpaired) electrons. The van der Waals surface area contributed by atoms with Gasteiger partial charge in [0.1, 0.15) is 11.5 Å². The number of rotatable bonds is 4. The van der Waals surface area contributed by atoms with Gasteiger partial charge in [-0.1, -0.05) is 24.3 Å². The van der Waals surface area contributed by atoms with Gasteiger partial charge >= 0.3 is 0 Å². The van der Waals surface area contributed by atoms with E-state index in [4.69, 9.17) is 18.9 Å². The molecule has 3 rings (SSSR count). The Labute approximate surface area is 143 Å². The van der Waals surface area contributed by atoms with E-state index in [-0.39, 0.29) is 0 Å². The molecule has 1 saturated heterocycles. The molecule has 0 aromatic heterocycles. The van der Waals surface area contributed by atoms with Crippen LogP contribution in [0.1, 0.15) is 22.3 Å². The highest BCUT2D eigenvalue weighted by Gasteiger charge is 2.31. The van der Waals surface area contributed by atoms with Gasteiger partial charge in [0.2, 0.25) is 0 Å². The topological polar surface area (TPSA) is 36.9 Å². The Morgan fingerprint density at radius 1 is 0.708 bits per heavy atom. The van der Waals surface area contributed by atoms with Crippen molar-refractivity contribution in [1.29, 1.82) is 0 Å². The van der Waals surface area contributed by atoms with Gasteiger partial charge in [-0.05, 0) is 62.1 Å². The highest BCUT2D eigenvalue weighted by molar-refractivity contribution is 5.37. The van der Waals surface area contributed by atoms with E-state index in [9.17, 15) is 0 Å². The maximum Gasteiger partial charge on any atom is 0.263 e. The van der Waals surface area contributed by atoms with Crippen LogP contribution in [0.4, 0.5) is 0 Å². The predicted molar refractivity (Wildman–Crippen MR) is 92.6 cm³/mol. The highest BCUT2D eigenvalue weighted by atomic mass is 16.8. The Bertz CT molecular complexity index is 649. The van der Waals surface area contributed by atoms with Crippen LogP contribution in [-0.4, -0.2) is 25.8 Å². The summed E-state index contributed by atoms with van der Waals surface area (Å²) in [6.45, 7) is 9.08. The maximum atomic E-state index is 6.05. The third-order valence-corrected chi connectivity index (χ3v) is 4.04. The van der Waals surface area contributed by atoms with Crippen LogP contribution >= 0.6 is 0 Å². The predicted octanol–water partition coefficient (Wildman–Crippen LogP) is 4.08. The van der Waals surface area contributed by atoms with Crippen LogP contribution in [-0.2, 0) is 9.47 Å². The molecule has 0 amide bonds. The molecule has 24 heavy (non-hydrogen) atoms. The first-order chi connectivity index (χ1) is 11.5. The van der Waals surface area contributed by atoms with Gasteiger partial charge in [0.15, 0.2) is 0 Å². The first-order valence-corrected chi connectivity index (χ1v) is 8.24. The van der Waals surface area contributed by atoms with E-state index >= 15 is 0 Å². The second-order valence-electron chi connectivity index (χ2n) is 6.25. The van der Waals surface area contributed by atoms with Crippen molar-refractivity contribution in [3.63, 3.8) is 0 Å². The van der Waals surface area contributed by atoms with Gasteiger partial charge in [0, 0.05) is 0 Å². The van der Waals surface area contributed by atoms with Gasteiger partial charge in [0.05, 0.1) is 13.2 Å². The maximum absolute atomic E-state index is 6.05. The minimum Gasteiger partial charge on any atom is -0.458 e. The van der Waals surface area contributed by atoms with Crippen LogP contribution in [0.3, 0.4) is 0 Å². The summed E-state index contributed by atoms with van der Waals surface area (Å²) >= 11 is 0. The Balaban J connectivity index is 1.78. The number of aryl methyl sites for hydroxylation is 4. The van der Waals surface area contributed by atoms with Crippen LogP contribution in [0.25, 0.3) is 0 Å². The molecule has 0 unspecified atom stereocenters. The van der Waals surface area contributed by atoms with Gasteiger partial charge in [-0.3, -0.25) is 0 Å². The smallest absolute Gasteiger partial charge is 0.263 e. The molecule has 0 bridgehead atoms. The summed E-state index contributed by atoms with van der Waals surface area (Å²) in [7, 11) is 0. The normalized spacial score (nSPS) is 20.7. The van der Waals surface area contributed by atoms with Crippen LogP contribution in [0.2, 0.25) is 0 Å². The van der Waals surface area contributed by atoms with Crippen molar-refractivity contribution in [3.05, 3.63) is 58.7 Å². The number of hydrogen-bond acceptors (Lipinski definition) is 4. The molecule has 1 aliphatic rings. The minimum absolute atomic E-state index is 0.488. The van der Waals surface area contributed by atoms with Gasteiger partial charge in [-0.25, -0.2) is 0 Å². The van der Waals surface area contributed by atoms with E-state index in [1.54, 1.807) is 0 Å². The monoisotopic (exact) mass is 328 g/mol. The summed E-state index contributed by atoms with van der Waals surface area (Å²) in [4.78, 5) is 0. The summed E-state index contributed by atoms with van der Waals surface area (Å²) in [6, 6.07) is 12.2. The SMILES string of the molecule is Cc1ccc(C)c(O[C@H]2OCCO[C@H]2Oc2cc(C)ccc2C)c1. The molecule has 2 aromatic carbocycles. The van der Waals surface area contributed by atoms with Crippen molar-refractivity contribution in [2.24, 2.45) is 0 Å². The van der Waals surface area contributed by atoms with E-state index in [0.717, 1.165) is 33.8 Å². The minimum atomic E-state index is -0.598. The van der Waals surface area contributed by atoms with Crippen LogP contribution < -0.4 is 9.47 Å². The van der Waals surface area contributed by atoms with E-state index in [1.807, 2.05) is 52.0 Å². The van der Waals surface area contributed by atoms with Gasteiger partial charge in [-0.15, -0.1) is 0 Å². The second kappa shape index (κ2) is 7.24. The first-order valence-electron chi connectivity index (χ1n) is 8.24. The molecule has 128 valence electrons. The highest BCUT2D eigenvalue weighted by Crippen LogP contribution is 2.26. The Morgan fingerprint density at radius 3 is 1.54 bits per heavy atom. The molecule has 0 N–H and O–H groups in total. The lowest BCUT2D eigenvalue weighted by molar-refractivity contribution is -0.271. The molecule has 0 aliphatic carbocycles. The zero-order chi connectivity index (χ0) is 17.1. The summed E-state index contributed by atoms with van der Waals surface area (Å²) in [5.74, 6) is 1.58. The molecule has 4 nitrogen and oxygen atoms in total. The van der Waals surface area contributed by atoms with Crippen molar-refractivity contribution in [3.8, 4) is 11.5 Å². The molecule has 2 aromatic rings. The molecule has 4 heteroatoms. The van der Waals surface area contributed by atoms with Crippen molar-refractivity contribution in [2.45, 2.75) is 40.3 Å². The zero-order valence-electron chi connectivity index (χ0n) is 14.7. The van der Waals surface area contributed by atoms with E-state index in [1.165, 1.54) is 0 Å². The second-order valence-corrected chi connectivity index (χ2v) is 6.25. The zero-order valence-corrected chi connectivity index (χ0v) is 14.7. The van der Waals surface area contributed by atoms with E-state index < -0.39 is 12.6 Å². The molecule has 0 saturated carbocycles. The number of ether oxygens (including phenoxy) is 4. The van der Waals surface area contributed by atoms with Crippen molar-refractivity contribution < 1.29 is 18.9 Å². The molecule has 2 atom stereocenters. The standard InChI is InChI=1S/C20H24O4/c1-13-5-7-15(3)17(11-13)23-19-20(22-10-9-21-19)24-18-12-14(2)6-8-16(18)4/h5-8,11-12,19-20H,9-10H2,1-4H3/t19-,20+. The van der Waals surface area contributed by atoms with Crippen molar-refractivity contribution in [2.75, 3.05) is 13.2 Å². The lowest BCUT2D eigenvalue weighted by atomic mass is 10.1. The fourth-order valence-electron chi connectivity index (χ4n) is 2.58. The summed E-state index contributed by atoms with van der Waals surface area (Å²) in [6.07, 6.45) is -1.20. The largest absolute Gasteiger partial charge is 0.458 e. The molecule has 1 fully saturated rings. The lowest BCUT2D eigenvalue weighted by Gasteiger charge is -2.32. The fourth-order valence-corrected chi connectivity index (χ4v) is 2.58. The van der Waals surface area contributed by atoms with Gasteiger partial charge in [0.25, 0.3) is 12.6 Å².